The average Bonchev–Trinajstić information content (AvgIpc) is 3.01. The number of aromatic nitrogens is 2. The number of carbonyl (C=O) groups is 1. The highest BCUT2D eigenvalue weighted by Crippen LogP contribution is 2.37. The van der Waals surface area contributed by atoms with E-state index in [1.165, 1.54) is 19.2 Å². The summed E-state index contributed by atoms with van der Waals surface area (Å²) in [6.45, 7) is 1.88. The molecule has 0 saturated carbocycles. The van der Waals surface area contributed by atoms with E-state index in [4.69, 9.17) is 9.47 Å². The Balaban J connectivity index is 2.33. The minimum atomic E-state index is -4.74. The molecule has 0 amide bonds. The fourth-order valence-corrected chi connectivity index (χ4v) is 2.42. The molecule has 5 nitrogen and oxygen atoms in total. The molecule has 0 bridgehead atoms. The molecule has 0 aromatic carbocycles. The number of carbonyl (C=O) groups excluding carboxylic acids is 1. The van der Waals surface area contributed by atoms with Crippen LogP contribution in [0.2, 0.25) is 0 Å². The molecule has 3 rings (SSSR count). The van der Waals surface area contributed by atoms with Gasteiger partial charge in [-0.05, 0) is 13.0 Å². The van der Waals surface area contributed by atoms with E-state index in [1.54, 1.807) is 0 Å². The summed E-state index contributed by atoms with van der Waals surface area (Å²) < 4.78 is 50.5. The summed E-state index contributed by atoms with van der Waals surface area (Å²) in [5, 5.41) is 3.50. The SMILES string of the molecule is CCOC(=O)c1c(C(F)(F)F)nn2ccc3c(c12)CCO3. The van der Waals surface area contributed by atoms with Gasteiger partial charge in [0.2, 0.25) is 0 Å². The first kappa shape index (κ1) is 13.7. The molecule has 0 N–H and O–H groups in total. The lowest BCUT2D eigenvalue weighted by Gasteiger charge is -2.06. The average molecular weight is 300 g/mol. The number of ether oxygens (including phenoxy) is 2. The van der Waals surface area contributed by atoms with E-state index in [-0.39, 0.29) is 12.1 Å². The molecule has 0 spiro atoms. The van der Waals surface area contributed by atoms with Crippen molar-refractivity contribution < 1.29 is 27.4 Å². The third-order valence-corrected chi connectivity index (χ3v) is 3.22. The molecule has 21 heavy (non-hydrogen) atoms. The number of pyridine rings is 1. The third-order valence-electron chi connectivity index (χ3n) is 3.22. The van der Waals surface area contributed by atoms with Gasteiger partial charge in [-0.25, -0.2) is 9.31 Å². The monoisotopic (exact) mass is 300 g/mol. The second-order valence-electron chi connectivity index (χ2n) is 4.49. The van der Waals surface area contributed by atoms with Crippen LogP contribution in [0.1, 0.15) is 28.5 Å². The standard InChI is InChI=1S/C13H11F3N2O3/c1-2-20-12(19)9-10-7-4-6-21-8(7)3-5-18(10)17-11(9)13(14,15)16/h3,5H,2,4,6H2,1H3. The first-order valence-electron chi connectivity index (χ1n) is 6.34. The lowest BCUT2D eigenvalue weighted by Crippen LogP contribution is -2.14. The Morgan fingerprint density at radius 1 is 1.52 bits per heavy atom. The second-order valence-corrected chi connectivity index (χ2v) is 4.49. The predicted octanol–water partition coefficient (Wildman–Crippen LogP) is 2.46. The van der Waals surface area contributed by atoms with Crippen LogP contribution in [0.25, 0.3) is 5.52 Å². The molecule has 112 valence electrons. The molecule has 2 aromatic heterocycles. The lowest BCUT2D eigenvalue weighted by atomic mass is 10.1. The molecular weight excluding hydrogens is 289 g/mol. The van der Waals surface area contributed by atoms with E-state index < -0.39 is 23.4 Å². The van der Waals surface area contributed by atoms with Crippen LogP contribution in [-0.2, 0) is 17.3 Å². The van der Waals surface area contributed by atoms with Crippen molar-refractivity contribution in [3.63, 3.8) is 0 Å². The molecule has 0 saturated heterocycles. The normalized spacial score (nSPS) is 14.1. The van der Waals surface area contributed by atoms with Crippen molar-refractivity contribution in [2.45, 2.75) is 19.5 Å². The zero-order chi connectivity index (χ0) is 15.2. The molecule has 0 atom stereocenters. The highest BCUT2D eigenvalue weighted by Gasteiger charge is 2.42. The topological polar surface area (TPSA) is 52.8 Å². The van der Waals surface area contributed by atoms with Crippen LogP contribution in [0, 0.1) is 0 Å². The van der Waals surface area contributed by atoms with Crippen molar-refractivity contribution in [2.75, 3.05) is 13.2 Å². The van der Waals surface area contributed by atoms with Crippen LogP contribution >= 0.6 is 0 Å². The van der Waals surface area contributed by atoms with Crippen molar-refractivity contribution in [1.82, 2.24) is 9.61 Å². The van der Waals surface area contributed by atoms with E-state index in [9.17, 15) is 18.0 Å². The summed E-state index contributed by atoms with van der Waals surface area (Å²) in [4.78, 5) is 12.0. The van der Waals surface area contributed by atoms with Crippen molar-refractivity contribution in [3.8, 4) is 5.75 Å². The van der Waals surface area contributed by atoms with Gasteiger partial charge in [0.15, 0.2) is 5.69 Å². The maximum atomic E-state index is 13.1. The quantitative estimate of drug-likeness (QED) is 0.800. The van der Waals surface area contributed by atoms with Crippen LogP contribution in [0.5, 0.6) is 5.75 Å². The largest absolute Gasteiger partial charge is 0.493 e. The molecule has 0 aliphatic carbocycles. The molecule has 2 aromatic rings. The van der Waals surface area contributed by atoms with Crippen molar-refractivity contribution in [3.05, 3.63) is 29.1 Å². The summed E-state index contributed by atoms with van der Waals surface area (Å²) >= 11 is 0. The Kier molecular flexibility index (Phi) is 3.03. The third kappa shape index (κ3) is 2.10. The Morgan fingerprint density at radius 2 is 2.29 bits per heavy atom. The number of hydrogen-bond donors (Lipinski definition) is 0. The Morgan fingerprint density at radius 3 is 2.95 bits per heavy atom. The lowest BCUT2D eigenvalue weighted by molar-refractivity contribution is -0.141. The first-order valence-corrected chi connectivity index (χ1v) is 6.34. The minimum absolute atomic E-state index is 0.0149. The van der Waals surface area contributed by atoms with Gasteiger partial charge in [-0.1, -0.05) is 0 Å². The molecule has 1 aliphatic rings. The summed E-state index contributed by atoms with van der Waals surface area (Å²) in [6, 6.07) is 1.54. The van der Waals surface area contributed by atoms with Gasteiger partial charge in [-0.2, -0.15) is 18.3 Å². The van der Waals surface area contributed by atoms with Gasteiger partial charge in [-0.15, -0.1) is 0 Å². The number of nitrogens with zero attached hydrogens (tertiary/aromatic N) is 2. The smallest absolute Gasteiger partial charge is 0.436 e. The number of alkyl halides is 3. The van der Waals surface area contributed by atoms with Gasteiger partial charge in [0.1, 0.15) is 11.3 Å². The van der Waals surface area contributed by atoms with E-state index in [0.717, 1.165) is 4.52 Å². The number of hydrogen-bond acceptors (Lipinski definition) is 4. The Labute approximate surface area is 117 Å². The van der Waals surface area contributed by atoms with Crippen LogP contribution < -0.4 is 4.74 Å². The fraction of sp³-hybridized carbons (Fsp3) is 0.385. The van der Waals surface area contributed by atoms with E-state index in [0.29, 0.717) is 24.3 Å². The number of rotatable bonds is 2. The van der Waals surface area contributed by atoms with Gasteiger partial charge >= 0.3 is 12.1 Å². The Bertz CT molecular complexity index is 722. The summed E-state index contributed by atoms with van der Waals surface area (Å²) in [7, 11) is 0. The van der Waals surface area contributed by atoms with Gasteiger partial charge in [0.05, 0.1) is 18.7 Å². The molecule has 1 aliphatic heterocycles. The second kappa shape index (κ2) is 4.64. The molecular formula is C13H11F3N2O3. The molecule has 3 heterocycles. The van der Waals surface area contributed by atoms with Crippen LogP contribution in [-0.4, -0.2) is 28.8 Å². The number of fused-ring (bicyclic) bond motifs is 3. The van der Waals surface area contributed by atoms with Crippen LogP contribution in [0.15, 0.2) is 12.3 Å². The van der Waals surface area contributed by atoms with Crippen molar-refractivity contribution in [2.24, 2.45) is 0 Å². The van der Waals surface area contributed by atoms with Crippen molar-refractivity contribution in [1.29, 1.82) is 0 Å². The summed E-state index contributed by atoms with van der Waals surface area (Å²) in [5.74, 6) is -0.554. The van der Waals surface area contributed by atoms with Crippen LogP contribution in [0.4, 0.5) is 13.2 Å². The molecule has 0 radical (unpaired) electrons. The maximum absolute atomic E-state index is 13.1. The number of esters is 1. The molecule has 0 unspecified atom stereocenters. The van der Waals surface area contributed by atoms with Crippen molar-refractivity contribution >= 4 is 11.5 Å². The highest BCUT2D eigenvalue weighted by atomic mass is 19.4. The van der Waals surface area contributed by atoms with E-state index in [1.807, 2.05) is 0 Å². The summed E-state index contributed by atoms with van der Waals surface area (Å²) in [6.07, 6.45) is -2.97. The minimum Gasteiger partial charge on any atom is -0.493 e. The van der Waals surface area contributed by atoms with Gasteiger partial charge in [-0.3, -0.25) is 0 Å². The summed E-state index contributed by atoms with van der Waals surface area (Å²) in [5.41, 5.74) is -1.13. The predicted molar refractivity (Wildman–Crippen MR) is 65.3 cm³/mol. The number of halogens is 3. The fourth-order valence-electron chi connectivity index (χ4n) is 2.42. The van der Waals surface area contributed by atoms with Gasteiger partial charge in [0, 0.05) is 18.2 Å². The van der Waals surface area contributed by atoms with E-state index >= 15 is 0 Å². The molecule has 8 heteroatoms. The highest BCUT2D eigenvalue weighted by molar-refractivity contribution is 6.00. The maximum Gasteiger partial charge on any atom is 0.436 e. The Hall–Kier alpha value is -2.25. The molecule has 0 fully saturated rings. The first-order chi connectivity index (χ1) is 9.93. The zero-order valence-electron chi connectivity index (χ0n) is 11.0. The van der Waals surface area contributed by atoms with Gasteiger partial charge in [0.25, 0.3) is 0 Å². The van der Waals surface area contributed by atoms with E-state index in [2.05, 4.69) is 5.10 Å². The van der Waals surface area contributed by atoms with Crippen LogP contribution in [0.3, 0.4) is 0 Å². The van der Waals surface area contributed by atoms with Gasteiger partial charge < -0.3 is 9.47 Å². The zero-order valence-corrected chi connectivity index (χ0v) is 11.0.